The summed E-state index contributed by atoms with van der Waals surface area (Å²) in [5, 5.41) is 8.80. The molecular weight excluding hydrogens is 382 g/mol. The molecule has 0 fully saturated rings. The van der Waals surface area contributed by atoms with Gasteiger partial charge in [-0.3, -0.25) is 9.52 Å². The first-order valence-electron chi connectivity index (χ1n) is 8.27. The second-order valence-corrected chi connectivity index (χ2v) is 7.57. The Morgan fingerprint density at radius 2 is 1.86 bits per heavy atom. The van der Waals surface area contributed by atoms with Crippen LogP contribution in [-0.4, -0.2) is 39.7 Å². The normalized spacial score (nSPS) is 10.6. The van der Waals surface area contributed by atoms with Crippen LogP contribution in [0.15, 0.2) is 54.6 Å². The Morgan fingerprint density at radius 1 is 1.14 bits per heavy atom. The standard InChI is InChI=1S/C19H19N3O5S/c1-28(25,26)21-16-8-5-7-15(13-16)19(24)27-14-18(23)22(12-6-11-20)17-9-3-2-4-10-17/h2-5,7-10,13,21H,6,12,14H2,1H3. The molecule has 0 spiro atoms. The highest BCUT2D eigenvalue weighted by Gasteiger charge is 2.18. The van der Waals surface area contributed by atoms with Gasteiger partial charge in [0.1, 0.15) is 0 Å². The molecule has 2 aromatic carbocycles. The van der Waals surface area contributed by atoms with Crippen LogP contribution in [0.2, 0.25) is 0 Å². The van der Waals surface area contributed by atoms with E-state index in [4.69, 9.17) is 10.00 Å². The number of hydrogen-bond acceptors (Lipinski definition) is 6. The number of hydrogen-bond donors (Lipinski definition) is 1. The molecule has 0 atom stereocenters. The van der Waals surface area contributed by atoms with Gasteiger partial charge in [0.15, 0.2) is 6.61 Å². The zero-order valence-electron chi connectivity index (χ0n) is 15.2. The SMILES string of the molecule is CS(=O)(=O)Nc1cccc(C(=O)OCC(=O)N(CCC#N)c2ccccc2)c1. The maximum Gasteiger partial charge on any atom is 0.338 e. The molecule has 8 nitrogen and oxygen atoms in total. The van der Waals surface area contributed by atoms with Crippen molar-refractivity contribution < 1.29 is 22.7 Å². The molecule has 2 rings (SSSR count). The quantitative estimate of drug-likeness (QED) is 0.678. The summed E-state index contributed by atoms with van der Waals surface area (Å²) in [6.45, 7) is -0.340. The Balaban J connectivity index is 2.05. The highest BCUT2D eigenvalue weighted by Crippen LogP contribution is 2.15. The van der Waals surface area contributed by atoms with E-state index in [9.17, 15) is 18.0 Å². The Hall–Kier alpha value is -3.38. The fourth-order valence-electron chi connectivity index (χ4n) is 2.38. The number of carbonyl (C=O) groups is 2. The van der Waals surface area contributed by atoms with E-state index in [1.165, 1.54) is 29.2 Å². The van der Waals surface area contributed by atoms with Gasteiger partial charge in [-0.15, -0.1) is 0 Å². The Morgan fingerprint density at radius 3 is 2.50 bits per heavy atom. The van der Waals surface area contributed by atoms with Crippen LogP contribution in [0.1, 0.15) is 16.8 Å². The summed E-state index contributed by atoms with van der Waals surface area (Å²) in [4.78, 5) is 26.1. The molecule has 1 N–H and O–H groups in total. The van der Waals surface area contributed by atoms with Crippen LogP contribution in [-0.2, 0) is 19.6 Å². The first-order chi connectivity index (χ1) is 13.3. The third-order valence-corrected chi connectivity index (χ3v) is 4.15. The summed E-state index contributed by atoms with van der Waals surface area (Å²) in [6.07, 6.45) is 1.13. The van der Waals surface area contributed by atoms with Gasteiger partial charge in [-0.05, 0) is 30.3 Å². The number of esters is 1. The fraction of sp³-hybridized carbons (Fsp3) is 0.211. The first-order valence-corrected chi connectivity index (χ1v) is 10.2. The van der Waals surface area contributed by atoms with Crippen molar-refractivity contribution in [1.29, 1.82) is 5.26 Å². The van der Waals surface area contributed by atoms with E-state index in [-0.39, 0.29) is 24.2 Å². The van der Waals surface area contributed by atoms with Crippen molar-refractivity contribution in [2.24, 2.45) is 0 Å². The smallest absolute Gasteiger partial charge is 0.338 e. The molecule has 0 aliphatic rings. The van der Waals surface area contributed by atoms with Gasteiger partial charge >= 0.3 is 5.97 Å². The Labute approximate surface area is 163 Å². The lowest BCUT2D eigenvalue weighted by atomic mass is 10.2. The van der Waals surface area contributed by atoms with Gasteiger partial charge in [0.25, 0.3) is 5.91 Å². The van der Waals surface area contributed by atoms with Crippen molar-refractivity contribution in [2.45, 2.75) is 6.42 Å². The van der Waals surface area contributed by atoms with Crippen molar-refractivity contribution in [3.63, 3.8) is 0 Å². The number of amides is 1. The molecule has 0 saturated carbocycles. The number of nitriles is 1. The molecule has 2 aromatic rings. The molecular formula is C19H19N3O5S. The zero-order chi connectivity index (χ0) is 20.6. The largest absolute Gasteiger partial charge is 0.452 e. The minimum atomic E-state index is -3.49. The molecule has 28 heavy (non-hydrogen) atoms. The van der Waals surface area contributed by atoms with Crippen LogP contribution < -0.4 is 9.62 Å². The zero-order valence-corrected chi connectivity index (χ0v) is 16.0. The Kier molecular flexibility index (Phi) is 7.12. The summed E-state index contributed by atoms with van der Waals surface area (Å²) >= 11 is 0. The van der Waals surface area contributed by atoms with Crippen molar-refractivity contribution in [1.82, 2.24) is 0 Å². The lowest BCUT2D eigenvalue weighted by Gasteiger charge is -2.21. The summed E-state index contributed by atoms with van der Waals surface area (Å²) in [6, 6.07) is 16.5. The van der Waals surface area contributed by atoms with E-state index >= 15 is 0 Å². The topological polar surface area (TPSA) is 117 Å². The number of ether oxygens (including phenoxy) is 1. The number of nitrogens with zero attached hydrogens (tertiary/aromatic N) is 2. The van der Waals surface area contributed by atoms with E-state index in [0.717, 1.165) is 6.26 Å². The molecule has 0 aromatic heterocycles. The second-order valence-electron chi connectivity index (χ2n) is 5.82. The molecule has 146 valence electrons. The minimum absolute atomic E-state index is 0.102. The van der Waals surface area contributed by atoms with Crippen molar-refractivity contribution in [3.05, 3.63) is 60.2 Å². The highest BCUT2D eigenvalue weighted by molar-refractivity contribution is 7.92. The molecule has 0 unspecified atom stereocenters. The van der Waals surface area contributed by atoms with E-state index < -0.39 is 28.5 Å². The molecule has 0 heterocycles. The summed E-state index contributed by atoms with van der Waals surface area (Å²) in [5.74, 6) is -1.24. The van der Waals surface area contributed by atoms with Crippen LogP contribution in [0, 0.1) is 11.3 Å². The number of rotatable bonds is 8. The lowest BCUT2D eigenvalue weighted by Crippen LogP contribution is -2.35. The number of nitrogens with one attached hydrogen (secondary N) is 1. The third kappa shape index (κ3) is 6.41. The molecule has 9 heteroatoms. The van der Waals surface area contributed by atoms with Gasteiger partial charge in [0, 0.05) is 17.9 Å². The van der Waals surface area contributed by atoms with Gasteiger partial charge in [0.2, 0.25) is 10.0 Å². The van der Waals surface area contributed by atoms with Gasteiger partial charge in [-0.1, -0.05) is 24.3 Å². The van der Waals surface area contributed by atoms with Gasteiger partial charge in [0.05, 0.1) is 24.3 Å². The number of carbonyl (C=O) groups excluding carboxylic acids is 2. The number of para-hydroxylation sites is 1. The first kappa shape index (κ1) is 20.9. The Bertz CT molecular complexity index is 984. The maximum absolute atomic E-state index is 12.5. The van der Waals surface area contributed by atoms with Crippen LogP contribution in [0.25, 0.3) is 0 Å². The van der Waals surface area contributed by atoms with E-state index in [1.807, 2.05) is 6.07 Å². The molecule has 0 radical (unpaired) electrons. The van der Waals surface area contributed by atoms with Gasteiger partial charge in [-0.25, -0.2) is 13.2 Å². The maximum atomic E-state index is 12.5. The average molecular weight is 401 g/mol. The van der Waals surface area contributed by atoms with Crippen LogP contribution in [0.5, 0.6) is 0 Å². The van der Waals surface area contributed by atoms with E-state index in [0.29, 0.717) is 5.69 Å². The monoisotopic (exact) mass is 401 g/mol. The molecule has 0 saturated heterocycles. The molecule has 0 aliphatic carbocycles. The van der Waals surface area contributed by atoms with Crippen molar-refractivity contribution in [2.75, 3.05) is 29.0 Å². The van der Waals surface area contributed by atoms with E-state index in [1.54, 1.807) is 30.3 Å². The minimum Gasteiger partial charge on any atom is -0.452 e. The average Bonchev–Trinajstić information content (AvgIpc) is 2.66. The van der Waals surface area contributed by atoms with E-state index in [2.05, 4.69) is 4.72 Å². The van der Waals surface area contributed by atoms with Crippen molar-refractivity contribution in [3.8, 4) is 6.07 Å². The number of anilines is 2. The predicted octanol–water partition coefficient (Wildman–Crippen LogP) is 2.16. The number of benzene rings is 2. The van der Waals surface area contributed by atoms with Crippen molar-refractivity contribution >= 4 is 33.3 Å². The van der Waals surface area contributed by atoms with Crippen LogP contribution in [0.4, 0.5) is 11.4 Å². The van der Waals surface area contributed by atoms with Gasteiger partial charge in [-0.2, -0.15) is 5.26 Å². The van der Waals surface area contributed by atoms with Crippen LogP contribution in [0.3, 0.4) is 0 Å². The molecule has 1 amide bonds. The fourth-order valence-corrected chi connectivity index (χ4v) is 2.93. The third-order valence-electron chi connectivity index (χ3n) is 3.54. The molecule has 0 bridgehead atoms. The number of sulfonamides is 1. The second kappa shape index (κ2) is 9.53. The summed E-state index contributed by atoms with van der Waals surface area (Å²) < 4.78 is 29.9. The highest BCUT2D eigenvalue weighted by atomic mass is 32.2. The summed E-state index contributed by atoms with van der Waals surface area (Å²) in [7, 11) is -3.49. The predicted molar refractivity (Wildman–Crippen MR) is 104 cm³/mol. The molecule has 0 aliphatic heterocycles. The van der Waals surface area contributed by atoms with Gasteiger partial charge < -0.3 is 9.64 Å². The lowest BCUT2D eigenvalue weighted by molar-refractivity contribution is -0.121. The van der Waals surface area contributed by atoms with Crippen LogP contribution >= 0.6 is 0 Å². The summed E-state index contributed by atoms with van der Waals surface area (Å²) in [5.41, 5.74) is 0.908.